The van der Waals surface area contributed by atoms with E-state index in [2.05, 4.69) is 29.2 Å². The van der Waals surface area contributed by atoms with Gasteiger partial charge in [-0.25, -0.2) is 0 Å². The molecule has 1 aromatic carbocycles. The van der Waals surface area contributed by atoms with E-state index in [0.717, 1.165) is 13.0 Å². The highest BCUT2D eigenvalue weighted by molar-refractivity contribution is 5.76. The molecular weight excluding hydrogens is 250 g/mol. The zero-order valence-corrected chi connectivity index (χ0v) is 11.9. The molecule has 3 aliphatic rings. The highest BCUT2D eigenvalue weighted by Crippen LogP contribution is 2.53. The SMILES string of the molecule is CCOC(=O)C1C2c3ccccc3CN3C1CCCC23. The van der Waals surface area contributed by atoms with Gasteiger partial charge in [0.25, 0.3) is 0 Å². The summed E-state index contributed by atoms with van der Waals surface area (Å²) in [4.78, 5) is 15.1. The molecule has 0 aliphatic carbocycles. The van der Waals surface area contributed by atoms with Crippen LogP contribution in [0.3, 0.4) is 0 Å². The lowest BCUT2D eigenvalue weighted by Gasteiger charge is -2.39. The van der Waals surface area contributed by atoms with Crippen molar-refractivity contribution in [2.24, 2.45) is 5.92 Å². The van der Waals surface area contributed by atoms with Crippen molar-refractivity contribution in [3.63, 3.8) is 0 Å². The number of hydrogen-bond donors (Lipinski definition) is 0. The van der Waals surface area contributed by atoms with Gasteiger partial charge >= 0.3 is 5.97 Å². The zero-order chi connectivity index (χ0) is 13.7. The summed E-state index contributed by atoms with van der Waals surface area (Å²) in [5.41, 5.74) is 2.81. The first kappa shape index (κ1) is 12.4. The molecule has 4 rings (SSSR count). The molecule has 3 nitrogen and oxygen atoms in total. The maximum atomic E-state index is 12.5. The highest BCUT2D eigenvalue weighted by Gasteiger charge is 2.56. The first-order chi connectivity index (χ1) is 9.81. The summed E-state index contributed by atoms with van der Waals surface area (Å²) < 4.78 is 5.39. The monoisotopic (exact) mass is 271 g/mol. The maximum Gasteiger partial charge on any atom is 0.311 e. The van der Waals surface area contributed by atoms with Crippen molar-refractivity contribution in [1.82, 2.24) is 4.90 Å². The largest absolute Gasteiger partial charge is 0.466 e. The van der Waals surface area contributed by atoms with Crippen molar-refractivity contribution < 1.29 is 9.53 Å². The van der Waals surface area contributed by atoms with E-state index in [0.29, 0.717) is 24.6 Å². The Kier molecular flexibility index (Phi) is 2.84. The van der Waals surface area contributed by atoms with Gasteiger partial charge in [-0.1, -0.05) is 30.7 Å². The number of nitrogens with zero attached hydrogens (tertiary/aromatic N) is 1. The summed E-state index contributed by atoms with van der Waals surface area (Å²) in [5, 5.41) is 0. The molecule has 0 saturated carbocycles. The van der Waals surface area contributed by atoms with E-state index in [-0.39, 0.29) is 11.9 Å². The van der Waals surface area contributed by atoms with Crippen molar-refractivity contribution >= 4 is 5.97 Å². The number of esters is 1. The molecule has 5 unspecified atom stereocenters. The van der Waals surface area contributed by atoms with E-state index < -0.39 is 0 Å². The van der Waals surface area contributed by atoms with E-state index in [1.165, 1.54) is 24.0 Å². The Morgan fingerprint density at radius 3 is 2.95 bits per heavy atom. The smallest absolute Gasteiger partial charge is 0.311 e. The molecule has 2 saturated heterocycles. The molecule has 3 heterocycles. The summed E-state index contributed by atoms with van der Waals surface area (Å²) in [6, 6.07) is 9.61. The van der Waals surface area contributed by atoms with Crippen LogP contribution in [0.2, 0.25) is 0 Å². The first-order valence-corrected chi connectivity index (χ1v) is 7.81. The van der Waals surface area contributed by atoms with Crippen LogP contribution in [-0.4, -0.2) is 29.6 Å². The maximum absolute atomic E-state index is 12.5. The van der Waals surface area contributed by atoms with Gasteiger partial charge in [-0.05, 0) is 30.9 Å². The van der Waals surface area contributed by atoms with Gasteiger partial charge in [0.2, 0.25) is 0 Å². The molecule has 5 atom stereocenters. The van der Waals surface area contributed by atoms with Crippen LogP contribution < -0.4 is 0 Å². The summed E-state index contributed by atoms with van der Waals surface area (Å²) >= 11 is 0. The molecule has 2 fully saturated rings. The van der Waals surface area contributed by atoms with Gasteiger partial charge in [0.05, 0.1) is 12.5 Å². The fourth-order valence-corrected chi connectivity index (χ4v) is 4.74. The van der Waals surface area contributed by atoms with E-state index in [4.69, 9.17) is 4.74 Å². The molecule has 4 bridgehead atoms. The summed E-state index contributed by atoms with van der Waals surface area (Å²) in [5.74, 6) is 0.422. The standard InChI is InChI=1S/C17H21NO2/c1-2-20-17(19)16-14-9-5-8-13-15(16)12-7-4-3-6-11(12)10-18(13)14/h3-4,6-7,13-16H,2,5,8-10H2,1H3. The average Bonchev–Trinajstić information content (AvgIpc) is 2.63. The van der Waals surface area contributed by atoms with Gasteiger partial charge in [-0.3, -0.25) is 9.69 Å². The predicted molar refractivity (Wildman–Crippen MR) is 76.3 cm³/mol. The topological polar surface area (TPSA) is 29.5 Å². The van der Waals surface area contributed by atoms with Gasteiger partial charge in [-0.15, -0.1) is 0 Å². The lowest BCUT2D eigenvalue weighted by atomic mass is 9.79. The Bertz CT molecular complexity index is 542. The number of fused-ring (bicyclic) bond motifs is 2. The average molecular weight is 271 g/mol. The predicted octanol–water partition coefficient (Wildman–Crippen LogP) is 2.70. The Labute approximate surface area is 119 Å². The lowest BCUT2D eigenvalue weighted by molar-refractivity contribution is -0.149. The van der Waals surface area contributed by atoms with Crippen molar-refractivity contribution in [3.05, 3.63) is 35.4 Å². The van der Waals surface area contributed by atoms with Crippen molar-refractivity contribution in [2.45, 2.75) is 50.7 Å². The fraction of sp³-hybridized carbons (Fsp3) is 0.588. The highest BCUT2D eigenvalue weighted by atomic mass is 16.5. The molecule has 20 heavy (non-hydrogen) atoms. The van der Waals surface area contributed by atoms with Crippen LogP contribution in [-0.2, 0) is 16.1 Å². The van der Waals surface area contributed by atoms with Crippen LogP contribution in [0.25, 0.3) is 0 Å². The minimum atomic E-state index is 0.0219. The molecule has 3 aliphatic heterocycles. The second-order valence-electron chi connectivity index (χ2n) is 6.24. The second kappa shape index (κ2) is 4.59. The molecule has 1 aromatic rings. The zero-order valence-electron chi connectivity index (χ0n) is 11.9. The van der Waals surface area contributed by atoms with Crippen LogP contribution >= 0.6 is 0 Å². The number of hydrogen-bond acceptors (Lipinski definition) is 3. The van der Waals surface area contributed by atoms with Gasteiger partial charge in [0.1, 0.15) is 0 Å². The summed E-state index contributed by atoms with van der Waals surface area (Å²) in [6.07, 6.45) is 3.62. The number of rotatable bonds is 2. The van der Waals surface area contributed by atoms with Crippen LogP contribution in [0.1, 0.15) is 43.2 Å². The van der Waals surface area contributed by atoms with E-state index in [1.54, 1.807) is 0 Å². The van der Waals surface area contributed by atoms with Crippen molar-refractivity contribution in [1.29, 1.82) is 0 Å². The van der Waals surface area contributed by atoms with E-state index >= 15 is 0 Å². The number of carbonyl (C=O) groups is 1. The molecule has 0 N–H and O–H groups in total. The van der Waals surface area contributed by atoms with Gasteiger partial charge in [0, 0.05) is 24.5 Å². The Balaban J connectivity index is 1.79. The fourth-order valence-electron chi connectivity index (χ4n) is 4.74. The van der Waals surface area contributed by atoms with Crippen LogP contribution in [0, 0.1) is 5.92 Å². The number of carbonyl (C=O) groups excluding carboxylic acids is 1. The Morgan fingerprint density at radius 2 is 2.10 bits per heavy atom. The van der Waals surface area contributed by atoms with Gasteiger partial charge in [0.15, 0.2) is 0 Å². The minimum Gasteiger partial charge on any atom is -0.466 e. The van der Waals surface area contributed by atoms with Crippen LogP contribution in [0.15, 0.2) is 24.3 Å². The molecule has 106 valence electrons. The number of ether oxygens (including phenoxy) is 1. The van der Waals surface area contributed by atoms with Crippen molar-refractivity contribution in [2.75, 3.05) is 6.61 Å². The molecule has 0 amide bonds. The third-order valence-corrected chi connectivity index (χ3v) is 5.39. The first-order valence-electron chi connectivity index (χ1n) is 7.81. The number of benzene rings is 1. The molecule has 0 aromatic heterocycles. The minimum absolute atomic E-state index is 0.0219. The lowest BCUT2D eigenvalue weighted by Crippen LogP contribution is -2.43. The van der Waals surface area contributed by atoms with Gasteiger partial charge in [-0.2, -0.15) is 0 Å². The van der Waals surface area contributed by atoms with Crippen LogP contribution in [0.4, 0.5) is 0 Å². The van der Waals surface area contributed by atoms with Gasteiger partial charge < -0.3 is 4.74 Å². The quantitative estimate of drug-likeness (QED) is 0.775. The third kappa shape index (κ3) is 1.59. The summed E-state index contributed by atoms with van der Waals surface area (Å²) in [7, 11) is 0. The molecule has 0 spiro atoms. The molecule has 0 radical (unpaired) electrons. The van der Waals surface area contributed by atoms with E-state index in [1.807, 2.05) is 6.92 Å². The van der Waals surface area contributed by atoms with E-state index in [9.17, 15) is 4.79 Å². The molecular formula is C17H21NO2. The molecule has 3 heteroatoms. The van der Waals surface area contributed by atoms with Crippen LogP contribution in [0.5, 0.6) is 0 Å². The summed E-state index contributed by atoms with van der Waals surface area (Å²) in [6.45, 7) is 3.40. The Hall–Kier alpha value is -1.35. The second-order valence-corrected chi connectivity index (χ2v) is 6.24. The third-order valence-electron chi connectivity index (χ3n) is 5.39. The normalized spacial score (nSPS) is 37.4. The van der Waals surface area contributed by atoms with Crippen molar-refractivity contribution in [3.8, 4) is 0 Å². The Morgan fingerprint density at radius 1 is 1.30 bits per heavy atom. The number of piperidine rings is 1.